The van der Waals surface area contributed by atoms with E-state index < -0.39 is 10.0 Å². The van der Waals surface area contributed by atoms with Gasteiger partial charge in [0.2, 0.25) is 10.0 Å². The quantitative estimate of drug-likeness (QED) is 0.826. The molecule has 0 bridgehead atoms. The first-order valence-electron chi connectivity index (χ1n) is 6.97. The molecule has 1 aromatic rings. The number of aliphatic hydroxyl groups is 1. The van der Waals surface area contributed by atoms with E-state index in [2.05, 4.69) is 15.9 Å². The Bertz CT molecular complexity index is 585. The molecule has 0 spiro atoms. The molecule has 1 aliphatic rings. The van der Waals surface area contributed by atoms with Crippen LogP contribution in [-0.2, 0) is 10.0 Å². The number of hydrogen-bond acceptors (Lipinski definition) is 4. The van der Waals surface area contributed by atoms with Gasteiger partial charge in [-0.05, 0) is 31.0 Å². The summed E-state index contributed by atoms with van der Waals surface area (Å²) in [5.74, 6) is 0.319. The van der Waals surface area contributed by atoms with E-state index in [1.165, 1.54) is 11.4 Å². The third kappa shape index (κ3) is 3.59. The van der Waals surface area contributed by atoms with Gasteiger partial charge in [-0.2, -0.15) is 4.31 Å². The highest BCUT2D eigenvalue weighted by atomic mass is 79.9. The highest BCUT2D eigenvalue weighted by molar-refractivity contribution is 9.10. The van der Waals surface area contributed by atoms with Gasteiger partial charge in [-0.15, -0.1) is 0 Å². The van der Waals surface area contributed by atoms with Crippen molar-refractivity contribution in [2.45, 2.75) is 36.6 Å². The maximum atomic E-state index is 13.0. The molecular formula is C14H20BrNO4S. The summed E-state index contributed by atoms with van der Waals surface area (Å²) in [6.07, 6.45) is 3.74. The van der Waals surface area contributed by atoms with Gasteiger partial charge in [-0.1, -0.05) is 28.8 Å². The van der Waals surface area contributed by atoms with Crippen molar-refractivity contribution in [1.29, 1.82) is 0 Å². The Morgan fingerprint density at radius 3 is 2.62 bits per heavy atom. The van der Waals surface area contributed by atoms with Gasteiger partial charge in [0.05, 0.1) is 13.7 Å². The molecule has 5 nitrogen and oxygen atoms in total. The smallest absolute Gasteiger partial charge is 0.247 e. The standard InChI is InChI=1S/C14H20BrNO4S/c1-20-13-7-6-11(15)10-14(13)21(18,19)16(8-9-17)12-4-2-3-5-12/h6-7,10,12,17H,2-5,8-9H2,1H3. The van der Waals surface area contributed by atoms with E-state index in [0.717, 1.165) is 25.7 Å². The first-order valence-corrected chi connectivity index (χ1v) is 9.20. The number of halogens is 1. The Hall–Kier alpha value is -0.630. The third-order valence-corrected chi connectivity index (χ3v) is 6.23. The zero-order chi connectivity index (χ0) is 15.5. The predicted octanol–water partition coefficient (Wildman–Crippen LogP) is 2.38. The third-order valence-electron chi connectivity index (χ3n) is 3.76. The summed E-state index contributed by atoms with van der Waals surface area (Å²) in [6, 6.07) is 4.88. The van der Waals surface area contributed by atoms with Crippen molar-refractivity contribution in [1.82, 2.24) is 4.31 Å². The second-order valence-corrected chi connectivity index (χ2v) is 7.85. The summed E-state index contributed by atoms with van der Waals surface area (Å²) in [7, 11) is -2.24. The van der Waals surface area contributed by atoms with Crippen molar-refractivity contribution in [2.75, 3.05) is 20.3 Å². The van der Waals surface area contributed by atoms with E-state index in [1.54, 1.807) is 18.2 Å². The van der Waals surface area contributed by atoms with Crippen LogP contribution in [0.3, 0.4) is 0 Å². The van der Waals surface area contributed by atoms with Gasteiger partial charge in [-0.3, -0.25) is 0 Å². The Balaban J connectivity index is 2.44. The molecule has 1 N–H and O–H groups in total. The van der Waals surface area contributed by atoms with Gasteiger partial charge in [-0.25, -0.2) is 8.42 Å². The summed E-state index contributed by atoms with van der Waals surface area (Å²) in [5, 5.41) is 9.24. The normalized spacial score (nSPS) is 16.6. The lowest BCUT2D eigenvalue weighted by atomic mass is 10.2. The summed E-state index contributed by atoms with van der Waals surface area (Å²) < 4.78 is 33.2. The molecule has 0 atom stereocenters. The number of methoxy groups -OCH3 is 1. The maximum Gasteiger partial charge on any atom is 0.247 e. The van der Waals surface area contributed by atoms with E-state index in [1.807, 2.05) is 0 Å². The van der Waals surface area contributed by atoms with Gasteiger partial charge in [0, 0.05) is 17.1 Å². The maximum absolute atomic E-state index is 13.0. The highest BCUT2D eigenvalue weighted by Crippen LogP contribution is 2.33. The first-order chi connectivity index (χ1) is 10.0. The van der Waals surface area contributed by atoms with Gasteiger partial charge in [0.25, 0.3) is 0 Å². The van der Waals surface area contributed by atoms with E-state index >= 15 is 0 Å². The van der Waals surface area contributed by atoms with Crippen LogP contribution in [0.25, 0.3) is 0 Å². The Morgan fingerprint density at radius 2 is 2.05 bits per heavy atom. The molecule has 1 aliphatic carbocycles. The number of ether oxygens (including phenoxy) is 1. The van der Waals surface area contributed by atoms with Crippen LogP contribution in [-0.4, -0.2) is 44.1 Å². The molecule has 118 valence electrons. The van der Waals surface area contributed by atoms with Crippen LogP contribution in [0.4, 0.5) is 0 Å². The average Bonchev–Trinajstić information content (AvgIpc) is 2.98. The lowest BCUT2D eigenvalue weighted by Crippen LogP contribution is -2.40. The fourth-order valence-electron chi connectivity index (χ4n) is 2.77. The lowest BCUT2D eigenvalue weighted by molar-refractivity contribution is 0.226. The zero-order valence-electron chi connectivity index (χ0n) is 12.0. The van der Waals surface area contributed by atoms with E-state index in [-0.39, 0.29) is 24.1 Å². The minimum absolute atomic E-state index is 0.0363. The average molecular weight is 378 g/mol. The molecule has 7 heteroatoms. The number of sulfonamides is 1. The molecule has 0 heterocycles. The summed E-state index contributed by atoms with van der Waals surface area (Å²) in [6.45, 7) is -0.0747. The summed E-state index contributed by atoms with van der Waals surface area (Å²) in [4.78, 5) is 0.139. The first kappa shape index (κ1) is 16.7. The highest BCUT2D eigenvalue weighted by Gasteiger charge is 2.34. The molecule has 21 heavy (non-hydrogen) atoms. The Labute approximate surface area is 134 Å². The van der Waals surface area contributed by atoms with Crippen LogP contribution in [0.5, 0.6) is 5.75 Å². The molecule has 1 aromatic carbocycles. The number of rotatable bonds is 6. The monoisotopic (exact) mass is 377 g/mol. The van der Waals surface area contributed by atoms with Crippen LogP contribution in [0.15, 0.2) is 27.6 Å². The molecule has 0 saturated heterocycles. The van der Waals surface area contributed by atoms with Crippen LogP contribution >= 0.6 is 15.9 Å². The molecule has 0 radical (unpaired) electrons. The number of aliphatic hydroxyl groups excluding tert-OH is 1. The van der Waals surface area contributed by atoms with Crippen molar-refractivity contribution >= 4 is 26.0 Å². The van der Waals surface area contributed by atoms with Crippen molar-refractivity contribution < 1.29 is 18.3 Å². The summed E-state index contributed by atoms with van der Waals surface area (Å²) in [5.41, 5.74) is 0. The van der Waals surface area contributed by atoms with Crippen molar-refractivity contribution in [2.24, 2.45) is 0 Å². The molecule has 0 unspecified atom stereocenters. The molecule has 1 saturated carbocycles. The van der Waals surface area contributed by atoms with Crippen LogP contribution in [0.2, 0.25) is 0 Å². The van der Waals surface area contributed by atoms with E-state index in [4.69, 9.17) is 4.74 Å². The fourth-order valence-corrected chi connectivity index (χ4v) is 5.14. The minimum atomic E-state index is -3.69. The van der Waals surface area contributed by atoms with Gasteiger partial charge in [0.1, 0.15) is 10.6 Å². The van der Waals surface area contributed by atoms with Crippen LogP contribution in [0, 0.1) is 0 Å². The van der Waals surface area contributed by atoms with E-state index in [0.29, 0.717) is 10.2 Å². The van der Waals surface area contributed by atoms with Crippen molar-refractivity contribution in [3.05, 3.63) is 22.7 Å². The van der Waals surface area contributed by atoms with Gasteiger partial charge in [0.15, 0.2) is 0 Å². The zero-order valence-corrected chi connectivity index (χ0v) is 14.4. The molecule has 0 aromatic heterocycles. The molecular weight excluding hydrogens is 358 g/mol. The topological polar surface area (TPSA) is 66.8 Å². The molecule has 2 rings (SSSR count). The molecule has 0 aliphatic heterocycles. The Morgan fingerprint density at radius 1 is 1.38 bits per heavy atom. The largest absolute Gasteiger partial charge is 0.495 e. The second kappa shape index (κ2) is 7.09. The molecule has 0 amide bonds. The van der Waals surface area contributed by atoms with Crippen LogP contribution in [0.1, 0.15) is 25.7 Å². The second-order valence-electron chi connectivity index (χ2n) is 5.07. The fraction of sp³-hybridized carbons (Fsp3) is 0.571. The van der Waals surface area contributed by atoms with Crippen molar-refractivity contribution in [3.63, 3.8) is 0 Å². The van der Waals surface area contributed by atoms with Crippen molar-refractivity contribution in [3.8, 4) is 5.75 Å². The molecule has 1 fully saturated rings. The lowest BCUT2D eigenvalue weighted by Gasteiger charge is -2.28. The minimum Gasteiger partial charge on any atom is -0.495 e. The van der Waals surface area contributed by atoms with E-state index in [9.17, 15) is 13.5 Å². The number of hydrogen-bond donors (Lipinski definition) is 1. The predicted molar refractivity (Wildman–Crippen MR) is 83.9 cm³/mol. The van der Waals surface area contributed by atoms with Gasteiger partial charge >= 0.3 is 0 Å². The van der Waals surface area contributed by atoms with Gasteiger partial charge < -0.3 is 9.84 Å². The summed E-state index contributed by atoms with van der Waals surface area (Å²) >= 11 is 3.30. The SMILES string of the molecule is COc1ccc(Br)cc1S(=O)(=O)N(CCO)C1CCCC1. The Kier molecular flexibility index (Phi) is 5.65. The number of benzene rings is 1. The van der Waals surface area contributed by atoms with Crippen LogP contribution < -0.4 is 4.74 Å². The number of nitrogens with zero attached hydrogens (tertiary/aromatic N) is 1.